The molecule has 1 aliphatic carbocycles. The highest BCUT2D eigenvalue weighted by atomic mass is 32.2. The van der Waals surface area contributed by atoms with Gasteiger partial charge < -0.3 is 5.32 Å². The third-order valence-electron chi connectivity index (χ3n) is 4.31. The van der Waals surface area contributed by atoms with Crippen molar-refractivity contribution in [1.82, 2.24) is 10.2 Å². The van der Waals surface area contributed by atoms with Crippen LogP contribution in [0.25, 0.3) is 0 Å². The molecule has 5 nitrogen and oxygen atoms in total. The van der Waals surface area contributed by atoms with Crippen LogP contribution in [0.3, 0.4) is 0 Å². The van der Waals surface area contributed by atoms with E-state index in [1.807, 2.05) is 7.05 Å². The number of nitrogens with one attached hydrogen (secondary N) is 1. The Morgan fingerprint density at radius 1 is 1.39 bits per heavy atom. The van der Waals surface area contributed by atoms with E-state index in [-0.39, 0.29) is 11.5 Å². The number of rotatable bonds is 2. The van der Waals surface area contributed by atoms with Crippen LogP contribution in [-0.4, -0.2) is 56.5 Å². The summed E-state index contributed by atoms with van der Waals surface area (Å²) < 4.78 is 22.9. The van der Waals surface area contributed by atoms with Crippen molar-refractivity contribution >= 4 is 9.84 Å². The molecule has 0 radical (unpaired) electrons. The van der Waals surface area contributed by atoms with Crippen LogP contribution in [-0.2, 0) is 9.84 Å². The Bertz CT molecular complexity index is 429. The van der Waals surface area contributed by atoms with Gasteiger partial charge in [0.05, 0.1) is 17.6 Å². The van der Waals surface area contributed by atoms with Gasteiger partial charge in [-0.05, 0) is 32.7 Å². The third kappa shape index (κ3) is 2.85. The van der Waals surface area contributed by atoms with E-state index < -0.39 is 15.4 Å². The van der Waals surface area contributed by atoms with Crippen molar-refractivity contribution in [3.8, 4) is 6.07 Å². The number of hydrogen-bond donors (Lipinski definition) is 1. The fraction of sp³-hybridized carbons (Fsp3) is 0.917. The first-order chi connectivity index (χ1) is 8.50. The first-order valence-electron chi connectivity index (χ1n) is 6.55. The van der Waals surface area contributed by atoms with E-state index in [2.05, 4.69) is 16.3 Å². The minimum absolute atomic E-state index is 0.266. The van der Waals surface area contributed by atoms with Crippen molar-refractivity contribution in [3.63, 3.8) is 0 Å². The summed E-state index contributed by atoms with van der Waals surface area (Å²) in [6.45, 7) is 1.25. The van der Waals surface area contributed by atoms with Crippen LogP contribution in [0.15, 0.2) is 0 Å². The SMILES string of the molecule is CNC1(C#N)CCCC(N2CCS(=O)(=O)CC2)C1. The Labute approximate surface area is 109 Å². The van der Waals surface area contributed by atoms with Gasteiger partial charge in [-0.3, -0.25) is 4.90 Å². The van der Waals surface area contributed by atoms with Crippen molar-refractivity contribution in [2.45, 2.75) is 37.3 Å². The van der Waals surface area contributed by atoms with Crippen LogP contribution in [0.4, 0.5) is 0 Å². The molecule has 2 rings (SSSR count). The Kier molecular flexibility index (Phi) is 3.95. The fourth-order valence-electron chi connectivity index (χ4n) is 3.03. The highest BCUT2D eigenvalue weighted by molar-refractivity contribution is 7.91. The van der Waals surface area contributed by atoms with Gasteiger partial charge in [-0.1, -0.05) is 0 Å². The third-order valence-corrected chi connectivity index (χ3v) is 5.92. The second kappa shape index (κ2) is 5.16. The van der Waals surface area contributed by atoms with Crippen molar-refractivity contribution in [2.24, 2.45) is 0 Å². The largest absolute Gasteiger partial charge is 0.302 e. The average Bonchev–Trinajstić information content (AvgIpc) is 2.38. The van der Waals surface area contributed by atoms with Crippen LogP contribution in [0, 0.1) is 11.3 Å². The summed E-state index contributed by atoms with van der Waals surface area (Å²) in [5.74, 6) is 0.533. The summed E-state index contributed by atoms with van der Waals surface area (Å²) in [5, 5.41) is 12.5. The van der Waals surface area contributed by atoms with Gasteiger partial charge >= 0.3 is 0 Å². The molecule has 18 heavy (non-hydrogen) atoms. The summed E-state index contributed by atoms with van der Waals surface area (Å²) in [4.78, 5) is 2.25. The highest BCUT2D eigenvalue weighted by Gasteiger charge is 2.38. The summed E-state index contributed by atoms with van der Waals surface area (Å²) >= 11 is 0. The molecule has 1 N–H and O–H groups in total. The van der Waals surface area contributed by atoms with E-state index in [0.29, 0.717) is 19.1 Å². The maximum Gasteiger partial charge on any atom is 0.152 e. The normalized spacial score (nSPS) is 37.0. The van der Waals surface area contributed by atoms with E-state index >= 15 is 0 Å². The highest BCUT2D eigenvalue weighted by Crippen LogP contribution is 2.31. The van der Waals surface area contributed by atoms with E-state index in [1.54, 1.807) is 0 Å². The molecule has 6 heteroatoms. The standard InChI is InChI=1S/C12H21N3O2S/c1-14-12(10-13)4-2-3-11(9-12)15-5-7-18(16,17)8-6-15/h11,14H,2-9H2,1H3. The van der Waals surface area contributed by atoms with Gasteiger partial charge in [-0.15, -0.1) is 0 Å². The Balaban J connectivity index is 2.00. The summed E-state index contributed by atoms with van der Waals surface area (Å²) in [6.07, 6.45) is 3.80. The molecule has 0 spiro atoms. The quantitative estimate of drug-likeness (QED) is 0.773. The molecule has 102 valence electrons. The zero-order chi connectivity index (χ0) is 13.2. The van der Waals surface area contributed by atoms with Crippen molar-refractivity contribution < 1.29 is 8.42 Å². The predicted molar refractivity (Wildman–Crippen MR) is 69.9 cm³/mol. The molecule has 1 heterocycles. The lowest BCUT2D eigenvalue weighted by molar-refractivity contribution is 0.131. The maximum absolute atomic E-state index is 11.4. The molecule has 2 atom stereocenters. The Morgan fingerprint density at radius 2 is 2.06 bits per heavy atom. The lowest BCUT2D eigenvalue weighted by atomic mass is 9.79. The lowest BCUT2D eigenvalue weighted by Gasteiger charge is -2.42. The molecule has 0 bridgehead atoms. The van der Waals surface area contributed by atoms with Gasteiger partial charge in [0.15, 0.2) is 9.84 Å². The van der Waals surface area contributed by atoms with Gasteiger partial charge in [0, 0.05) is 19.1 Å². The number of nitriles is 1. The summed E-state index contributed by atoms with van der Waals surface area (Å²) in [7, 11) is -0.977. The van der Waals surface area contributed by atoms with Gasteiger partial charge in [-0.25, -0.2) is 8.42 Å². The Morgan fingerprint density at radius 3 is 2.61 bits per heavy atom. The van der Waals surface area contributed by atoms with Crippen LogP contribution in [0.1, 0.15) is 25.7 Å². The Hall–Kier alpha value is -0.640. The number of nitrogens with zero attached hydrogens (tertiary/aromatic N) is 2. The molecule has 1 saturated carbocycles. The molecular formula is C12H21N3O2S. The van der Waals surface area contributed by atoms with Crippen LogP contribution < -0.4 is 5.32 Å². The zero-order valence-corrected chi connectivity index (χ0v) is 11.7. The van der Waals surface area contributed by atoms with Gasteiger partial charge in [0.2, 0.25) is 0 Å². The maximum atomic E-state index is 11.4. The average molecular weight is 271 g/mol. The molecule has 0 amide bonds. The molecule has 0 aromatic carbocycles. The number of sulfone groups is 1. The first kappa shape index (κ1) is 13.8. The lowest BCUT2D eigenvalue weighted by Crippen LogP contribution is -2.54. The van der Waals surface area contributed by atoms with Crippen molar-refractivity contribution in [3.05, 3.63) is 0 Å². The predicted octanol–water partition coefficient (Wildman–Crippen LogP) is 0.141. The van der Waals surface area contributed by atoms with E-state index in [9.17, 15) is 13.7 Å². The molecule has 1 aliphatic heterocycles. The van der Waals surface area contributed by atoms with Crippen molar-refractivity contribution in [1.29, 1.82) is 5.26 Å². The van der Waals surface area contributed by atoms with Crippen molar-refractivity contribution in [2.75, 3.05) is 31.6 Å². The monoisotopic (exact) mass is 271 g/mol. The number of hydrogen-bond acceptors (Lipinski definition) is 5. The molecule has 1 saturated heterocycles. The minimum Gasteiger partial charge on any atom is -0.302 e. The minimum atomic E-state index is -2.82. The molecule has 0 aromatic rings. The summed E-state index contributed by atoms with van der Waals surface area (Å²) in [5.41, 5.74) is -0.417. The molecule has 0 aromatic heterocycles. The van der Waals surface area contributed by atoms with E-state index in [4.69, 9.17) is 0 Å². The molecular weight excluding hydrogens is 250 g/mol. The van der Waals surface area contributed by atoms with Gasteiger partial charge in [0.1, 0.15) is 5.54 Å². The molecule has 2 fully saturated rings. The molecule has 2 aliphatic rings. The van der Waals surface area contributed by atoms with Gasteiger partial charge in [0.25, 0.3) is 0 Å². The summed E-state index contributed by atoms with van der Waals surface area (Å²) in [6, 6.07) is 2.74. The van der Waals surface area contributed by atoms with Crippen LogP contribution in [0.5, 0.6) is 0 Å². The second-order valence-electron chi connectivity index (χ2n) is 5.38. The topological polar surface area (TPSA) is 73.2 Å². The smallest absolute Gasteiger partial charge is 0.152 e. The van der Waals surface area contributed by atoms with Crippen LogP contribution in [0.2, 0.25) is 0 Å². The van der Waals surface area contributed by atoms with E-state index in [0.717, 1.165) is 25.7 Å². The molecule has 2 unspecified atom stereocenters. The zero-order valence-electron chi connectivity index (χ0n) is 10.9. The second-order valence-corrected chi connectivity index (χ2v) is 7.69. The first-order valence-corrected chi connectivity index (χ1v) is 8.37. The van der Waals surface area contributed by atoms with Crippen LogP contribution >= 0.6 is 0 Å². The van der Waals surface area contributed by atoms with Gasteiger partial charge in [-0.2, -0.15) is 5.26 Å². The van der Waals surface area contributed by atoms with E-state index in [1.165, 1.54) is 0 Å². The fourth-order valence-corrected chi connectivity index (χ4v) is 4.26.